The molecule has 0 saturated heterocycles. The van der Waals surface area contributed by atoms with E-state index in [0.717, 1.165) is 19.3 Å². The fourth-order valence-corrected chi connectivity index (χ4v) is 4.54. The quantitative estimate of drug-likeness (QED) is 0.819. The first-order valence-electron chi connectivity index (χ1n) is 8.80. The first kappa shape index (κ1) is 17.9. The van der Waals surface area contributed by atoms with Crippen LogP contribution in [0.15, 0.2) is 42.7 Å². The first-order valence-corrected chi connectivity index (χ1v) is 9.18. The van der Waals surface area contributed by atoms with Crippen molar-refractivity contribution in [2.75, 3.05) is 5.32 Å². The molecule has 5 nitrogen and oxygen atoms in total. The first-order chi connectivity index (χ1) is 12.8. The van der Waals surface area contributed by atoms with E-state index >= 15 is 0 Å². The number of aromatic nitrogens is 1. The normalized spacial score (nSPS) is 26.3. The number of pyridine rings is 1. The Labute approximate surface area is 161 Å². The summed E-state index contributed by atoms with van der Waals surface area (Å²) in [5, 5.41) is 6.32. The van der Waals surface area contributed by atoms with Crippen molar-refractivity contribution < 1.29 is 14.0 Å². The zero-order valence-electron chi connectivity index (χ0n) is 14.8. The topological polar surface area (TPSA) is 71.1 Å². The lowest BCUT2D eigenvalue weighted by molar-refractivity contribution is -0.184. The number of hydrogen-bond acceptors (Lipinski definition) is 3. The molecule has 2 amide bonds. The number of amides is 2. The summed E-state index contributed by atoms with van der Waals surface area (Å²) < 4.78 is 13.0. The minimum atomic E-state index is -0.340. The van der Waals surface area contributed by atoms with Gasteiger partial charge in [0.1, 0.15) is 5.82 Å². The molecule has 7 heteroatoms. The number of hydrogen-bond donors (Lipinski definition) is 2. The summed E-state index contributed by atoms with van der Waals surface area (Å²) in [6.45, 7) is 1.91. The largest absolute Gasteiger partial charge is 0.346 e. The molecule has 0 radical (unpaired) electrons. The predicted molar refractivity (Wildman–Crippen MR) is 99.9 cm³/mol. The zero-order valence-corrected chi connectivity index (χ0v) is 15.5. The molecule has 1 heterocycles. The van der Waals surface area contributed by atoms with E-state index in [1.807, 2.05) is 6.92 Å². The van der Waals surface area contributed by atoms with Crippen molar-refractivity contribution in [3.05, 3.63) is 59.1 Å². The number of benzene rings is 1. The third-order valence-corrected chi connectivity index (χ3v) is 6.05. The molecule has 1 aromatic carbocycles. The fourth-order valence-electron chi connectivity index (χ4n) is 4.37. The van der Waals surface area contributed by atoms with E-state index in [1.165, 1.54) is 24.5 Å². The minimum Gasteiger partial charge on any atom is -0.346 e. The highest BCUT2D eigenvalue weighted by Gasteiger charge is 2.71. The number of halogens is 2. The molecule has 2 bridgehead atoms. The van der Waals surface area contributed by atoms with Crippen LogP contribution in [0.25, 0.3) is 0 Å². The zero-order chi connectivity index (χ0) is 19.2. The molecule has 2 aromatic rings. The van der Waals surface area contributed by atoms with Crippen molar-refractivity contribution in [3.63, 3.8) is 0 Å². The van der Waals surface area contributed by atoms with Gasteiger partial charge in [0.2, 0.25) is 5.91 Å². The molecule has 3 aliphatic carbocycles. The summed E-state index contributed by atoms with van der Waals surface area (Å²) in [5.74, 6) is -0.802. The Bertz CT molecular complexity index is 896. The summed E-state index contributed by atoms with van der Waals surface area (Å²) in [4.78, 5) is 28.9. The Morgan fingerprint density at radius 2 is 1.85 bits per heavy atom. The summed E-state index contributed by atoms with van der Waals surface area (Å²) in [6, 6.07) is 7.31. The number of nitrogens with one attached hydrogen (secondary N) is 2. The van der Waals surface area contributed by atoms with Crippen LogP contribution in [0, 0.1) is 17.2 Å². The number of rotatable bonds is 5. The molecule has 3 saturated carbocycles. The van der Waals surface area contributed by atoms with Crippen LogP contribution in [-0.2, 0) is 4.79 Å². The van der Waals surface area contributed by atoms with Gasteiger partial charge in [0.15, 0.2) is 0 Å². The van der Waals surface area contributed by atoms with Gasteiger partial charge in [0.25, 0.3) is 5.91 Å². The van der Waals surface area contributed by atoms with Gasteiger partial charge >= 0.3 is 0 Å². The van der Waals surface area contributed by atoms with Crippen LogP contribution in [0.3, 0.4) is 0 Å². The van der Waals surface area contributed by atoms with Crippen molar-refractivity contribution in [2.45, 2.75) is 31.7 Å². The minimum absolute atomic E-state index is 0.0794. The Kier molecular flexibility index (Phi) is 4.18. The van der Waals surface area contributed by atoms with Gasteiger partial charge < -0.3 is 10.6 Å². The number of anilines is 1. The molecule has 0 unspecified atom stereocenters. The van der Waals surface area contributed by atoms with Crippen molar-refractivity contribution in [2.24, 2.45) is 11.3 Å². The van der Waals surface area contributed by atoms with Crippen molar-refractivity contribution in [1.82, 2.24) is 10.3 Å². The highest BCUT2D eigenvalue weighted by Crippen LogP contribution is 2.70. The van der Waals surface area contributed by atoms with Gasteiger partial charge in [-0.05, 0) is 55.0 Å². The molecule has 0 aliphatic heterocycles. The van der Waals surface area contributed by atoms with Gasteiger partial charge in [-0.25, -0.2) is 4.39 Å². The van der Waals surface area contributed by atoms with E-state index in [0.29, 0.717) is 16.3 Å². The Morgan fingerprint density at radius 1 is 1.19 bits per heavy atom. The Morgan fingerprint density at radius 3 is 2.48 bits per heavy atom. The smallest absolute Gasteiger partial charge is 0.253 e. The van der Waals surface area contributed by atoms with Gasteiger partial charge in [-0.2, -0.15) is 0 Å². The van der Waals surface area contributed by atoms with E-state index in [9.17, 15) is 14.0 Å². The lowest BCUT2D eigenvalue weighted by atomic mass is 9.36. The summed E-state index contributed by atoms with van der Waals surface area (Å²) in [5.41, 5.74) is 0.702. The van der Waals surface area contributed by atoms with Gasteiger partial charge in [0, 0.05) is 29.5 Å². The Hall–Kier alpha value is -2.47. The highest BCUT2D eigenvalue weighted by atomic mass is 35.5. The third-order valence-electron chi connectivity index (χ3n) is 5.84. The van der Waals surface area contributed by atoms with Crippen LogP contribution in [0.1, 0.15) is 36.5 Å². The van der Waals surface area contributed by atoms with Crippen LogP contribution in [0.4, 0.5) is 10.1 Å². The average Bonchev–Trinajstić information content (AvgIpc) is 2.58. The van der Waals surface area contributed by atoms with Gasteiger partial charge in [-0.3, -0.25) is 14.6 Å². The second kappa shape index (κ2) is 6.30. The van der Waals surface area contributed by atoms with E-state index in [2.05, 4.69) is 15.6 Å². The van der Waals surface area contributed by atoms with E-state index in [4.69, 9.17) is 11.6 Å². The molecule has 3 fully saturated rings. The maximum absolute atomic E-state index is 13.0. The molecule has 2 N–H and O–H groups in total. The summed E-state index contributed by atoms with van der Waals surface area (Å²) >= 11 is 5.88. The van der Waals surface area contributed by atoms with Gasteiger partial charge in [-0.1, -0.05) is 18.5 Å². The molecule has 3 aliphatic rings. The summed E-state index contributed by atoms with van der Waals surface area (Å²) in [6.07, 6.45) is 5.30. The van der Waals surface area contributed by atoms with Crippen molar-refractivity contribution in [3.8, 4) is 0 Å². The number of carbonyl (C=O) groups is 2. The van der Waals surface area contributed by atoms with E-state index in [-0.39, 0.29) is 34.5 Å². The van der Waals surface area contributed by atoms with Crippen LogP contribution in [0.2, 0.25) is 5.02 Å². The number of carbonyl (C=O) groups excluding carboxylic acids is 2. The van der Waals surface area contributed by atoms with E-state index in [1.54, 1.807) is 18.2 Å². The van der Waals surface area contributed by atoms with Crippen molar-refractivity contribution in [1.29, 1.82) is 0 Å². The van der Waals surface area contributed by atoms with Crippen LogP contribution >= 0.6 is 11.6 Å². The fraction of sp³-hybridized carbons (Fsp3) is 0.350. The van der Waals surface area contributed by atoms with Gasteiger partial charge in [-0.15, -0.1) is 0 Å². The van der Waals surface area contributed by atoms with Gasteiger partial charge in [0.05, 0.1) is 10.6 Å². The van der Waals surface area contributed by atoms with Crippen molar-refractivity contribution >= 4 is 29.1 Å². The van der Waals surface area contributed by atoms with Crippen LogP contribution < -0.4 is 10.6 Å². The molecule has 140 valence electrons. The van der Waals surface area contributed by atoms with Crippen LogP contribution in [-0.4, -0.2) is 22.3 Å². The average molecular weight is 388 g/mol. The maximum Gasteiger partial charge on any atom is 0.253 e. The SMILES string of the molecule is C[C@H](C(=O)Nc1ccc(F)cc1)C12CC(NC(=O)c3cncc(Cl)c3)(C1)C2. The molecular formula is C20H19ClFN3O2. The summed E-state index contributed by atoms with van der Waals surface area (Å²) in [7, 11) is 0. The lowest BCUT2D eigenvalue weighted by Gasteiger charge is -2.72. The molecule has 27 heavy (non-hydrogen) atoms. The van der Waals surface area contributed by atoms with E-state index < -0.39 is 0 Å². The molecule has 5 rings (SSSR count). The monoisotopic (exact) mass is 387 g/mol. The second-order valence-electron chi connectivity index (χ2n) is 7.74. The van der Waals surface area contributed by atoms with Crippen LogP contribution in [0.5, 0.6) is 0 Å². The standard InChI is InChI=1S/C20H19ClFN3O2/c1-12(17(26)24-16-4-2-15(22)3-5-16)19-9-20(10-19,11-19)25-18(27)13-6-14(21)8-23-7-13/h2-8,12H,9-11H2,1H3,(H,24,26)(H,25,27)/t12-,19?,20?/m1/s1. The molecule has 1 aromatic heterocycles. The second-order valence-corrected chi connectivity index (χ2v) is 8.17. The molecular weight excluding hydrogens is 369 g/mol. The predicted octanol–water partition coefficient (Wildman–Crippen LogP) is 3.80. The Balaban J connectivity index is 1.33. The molecule has 0 spiro atoms. The maximum atomic E-state index is 13.0. The highest BCUT2D eigenvalue weighted by molar-refractivity contribution is 6.30. The third kappa shape index (κ3) is 3.18. The molecule has 1 atom stereocenters. The number of nitrogens with zero attached hydrogens (tertiary/aromatic N) is 1. The lowest BCUT2D eigenvalue weighted by Crippen LogP contribution is -2.77.